The standard InChI is InChI=1S/C20H29N3O/c1-3-21-20(23(2)12-14-8-9-24-13-14)22-11-18-17-10-15-6-4-5-7-16(15)19(17)18/h4-7,14,17-19H,3,8-13H2,1-2H3,(H,21,22). The zero-order chi connectivity index (χ0) is 16.5. The summed E-state index contributed by atoms with van der Waals surface area (Å²) >= 11 is 0. The van der Waals surface area contributed by atoms with Crippen molar-refractivity contribution in [3.8, 4) is 0 Å². The minimum absolute atomic E-state index is 0.644. The molecule has 1 heterocycles. The van der Waals surface area contributed by atoms with Gasteiger partial charge in [-0.2, -0.15) is 0 Å². The number of fused-ring (bicyclic) bond motifs is 3. The second-order valence-corrected chi connectivity index (χ2v) is 7.56. The van der Waals surface area contributed by atoms with Crippen LogP contribution in [0.1, 0.15) is 30.4 Å². The molecule has 3 aliphatic rings. The molecular weight excluding hydrogens is 298 g/mol. The van der Waals surface area contributed by atoms with Gasteiger partial charge in [-0.05, 0) is 48.6 Å². The lowest BCUT2D eigenvalue weighted by molar-refractivity contribution is 0.181. The Hall–Kier alpha value is -1.55. The molecule has 1 saturated carbocycles. The summed E-state index contributed by atoms with van der Waals surface area (Å²) in [7, 11) is 2.16. The Morgan fingerprint density at radius 1 is 1.38 bits per heavy atom. The summed E-state index contributed by atoms with van der Waals surface area (Å²) in [5.41, 5.74) is 3.15. The molecule has 0 bridgehead atoms. The number of aliphatic imine (C=N–C) groups is 1. The van der Waals surface area contributed by atoms with Gasteiger partial charge < -0.3 is 15.0 Å². The lowest BCUT2D eigenvalue weighted by Gasteiger charge is -2.24. The summed E-state index contributed by atoms with van der Waals surface area (Å²) in [4.78, 5) is 7.25. The van der Waals surface area contributed by atoms with Crippen molar-refractivity contribution in [3.05, 3.63) is 35.4 Å². The minimum atomic E-state index is 0.644. The van der Waals surface area contributed by atoms with Gasteiger partial charge in [-0.1, -0.05) is 24.3 Å². The Morgan fingerprint density at radius 3 is 3.04 bits per heavy atom. The van der Waals surface area contributed by atoms with E-state index in [1.54, 1.807) is 11.1 Å². The van der Waals surface area contributed by atoms with E-state index < -0.39 is 0 Å². The average molecular weight is 327 g/mol. The molecule has 0 amide bonds. The fraction of sp³-hybridized carbons (Fsp3) is 0.650. The SMILES string of the molecule is CCNC(=NCC1C2Cc3ccccc3C12)N(C)CC1CCOC1. The molecule has 2 fully saturated rings. The van der Waals surface area contributed by atoms with Crippen LogP contribution < -0.4 is 5.32 Å². The largest absolute Gasteiger partial charge is 0.381 e. The van der Waals surface area contributed by atoms with Gasteiger partial charge in [0.05, 0.1) is 6.61 Å². The maximum atomic E-state index is 5.50. The Kier molecular flexibility index (Phi) is 4.49. The summed E-state index contributed by atoms with van der Waals surface area (Å²) < 4.78 is 5.50. The van der Waals surface area contributed by atoms with E-state index in [0.717, 1.165) is 56.6 Å². The Labute approximate surface area is 145 Å². The van der Waals surface area contributed by atoms with Gasteiger partial charge in [0.2, 0.25) is 0 Å². The first kappa shape index (κ1) is 15.9. The summed E-state index contributed by atoms with van der Waals surface area (Å²) in [6, 6.07) is 8.97. The van der Waals surface area contributed by atoms with Crippen LogP contribution in [0.5, 0.6) is 0 Å². The molecule has 4 atom stereocenters. The monoisotopic (exact) mass is 327 g/mol. The number of benzene rings is 1. The van der Waals surface area contributed by atoms with E-state index in [2.05, 4.69) is 48.5 Å². The molecule has 1 aliphatic heterocycles. The highest BCUT2D eigenvalue weighted by Crippen LogP contribution is 2.61. The first-order valence-corrected chi connectivity index (χ1v) is 9.43. The second-order valence-electron chi connectivity index (χ2n) is 7.56. The van der Waals surface area contributed by atoms with E-state index in [-0.39, 0.29) is 0 Å². The maximum absolute atomic E-state index is 5.50. The van der Waals surface area contributed by atoms with Crippen molar-refractivity contribution in [1.82, 2.24) is 10.2 Å². The number of guanidine groups is 1. The number of nitrogens with zero attached hydrogens (tertiary/aromatic N) is 2. The predicted octanol–water partition coefficient (Wildman–Crippen LogP) is 2.51. The highest BCUT2D eigenvalue weighted by atomic mass is 16.5. The zero-order valence-corrected chi connectivity index (χ0v) is 14.9. The van der Waals surface area contributed by atoms with Crippen molar-refractivity contribution in [2.45, 2.75) is 25.7 Å². The molecule has 4 heteroatoms. The van der Waals surface area contributed by atoms with Crippen LogP contribution >= 0.6 is 0 Å². The molecule has 1 N–H and O–H groups in total. The second kappa shape index (κ2) is 6.75. The summed E-state index contributed by atoms with van der Waals surface area (Å²) in [5, 5.41) is 3.46. The Morgan fingerprint density at radius 2 is 2.25 bits per heavy atom. The fourth-order valence-corrected chi connectivity index (χ4v) is 4.60. The fourth-order valence-electron chi connectivity index (χ4n) is 4.60. The van der Waals surface area contributed by atoms with E-state index in [0.29, 0.717) is 5.92 Å². The topological polar surface area (TPSA) is 36.9 Å². The highest BCUT2D eigenvalue weighted by molar-refractivity contribution is 5.79. The van der Waals surface area contributed by atoms with Gasteiger partial charge in [-0.15, -0.1) is 0 Å². The van der Waals surface area contributed by atoms with Crippen molar-refractivity contribution in [3.63, 3.8) is 0 Å². The van der Waals surface area contributed by atoms with Gasteiger partial charge in [-0.25, -0.2) is 0 Å². The molecule has 1 aromatic carbocycles. The van der Waals surface area contributed by atoms with Gasteiger partial charge >= 0.3 is 0 Å². The van der Waals surface area contributed by atoms with Gasteiger partial charge in [0.1, 0.15) is 0 Å². The molecule has 24 heavy (non-hydrogen) atoms. The van der Waals surface area contributed by atoms with Gasteiger partial charge in [0, 0.05) is 39.2 Å². The molecule has 1 saturated heterocycles. The minimum Gasteiger partial charge on any atom is -0.381 e. The van der Waals surface area contributed by atoms with E-state index in [9.17, 15) is 0 Å². The van der Waals surface area contributed by atoms with Crippen molar-refractivity contribution in [1.29, 1.82) is 0 Å². The van der Waals surface area contributed by atoms with Gasteiger partial charge in [0.25, 0.3) is 0 Å². The third kappa shape index (κ3) is 3.04. The molecular formula is C20H29N3O. The Bertz CT molecular complexity index is 609. The Balaban J connectivity index is 1.36. The van der Waals surface area contributed by atoms with Crippen molar-refractivity contribution >= 4 is 5.96 Å². The van der Waals surface area contributed by atoms with Crippen LogP contribution in [0.15, 0.2) is 29.3 Å². The molecule has 2 aliphatic carbocycles. The van der Waals surface area contributed by atoms with E-state index in [1.807, 2.05) is 0 Å². The number of hydrogen-bond donors (Lipinski definition) is 1. The lowest BCUT2D eigenvalue weighted by Crippen LogP contribution is -2.41. The van der Waals surface area contributed by atoms with Crippen LogP contribution in [0.2, 0.25) is 0 Å². The smallest absolute Gasteiger partial charge is 0.193 e. The molecule has 4 nitrogen and oxygen atoms in total. The first-order valence-electron chi connectivity index (χ1n) is 9.43. The summed E-state index contributed by atoms with van der Waals surface area (Å²) in [6.07, 6.45) is 2.43. The number of ether oxygens (including phenoxy) is 1. The summed E-state index contributed by atoms with van der Waals surface area (Å²) in [5.74, 6) is 4.05. The molecule has 4 rings (SSSR count). The maximum Gasteiger partial charge on any atom is 0.193 e. The first-order chi connectivity index (χ1) is 11.8. The van der Waals surface area contributed by atoms with Crippen LogP contribution in [0.3, 0.4) is 0 Å². The van der Waals surface area contributed by atoms with Gasteiger partial charge in [0.15, 0.2) is 5.96 Å². The van der Waals surface area contributed by atoms with Crippen LogP contribution in [0.25, 0.3) is 0 Å². The third-order valence-electron chi connectivity index (χ3n) is 5.91. The van der Waals surface area contributed by atoms with Crippen molar-refractivity contribution in [2.24, 2.45) is 22.7 Å². The van der Waals surface area contributed by atoms with Crippen LogP contribution in [-0.2, 0) is 11.2 Å². The van der Waals surface area contributed by atoms with Crippen LogP contribution in [0, 0.1) is 17.8 Å². The highest BCUT2D eigenvalue weighted by Gasteiger charge is 2.54. The van der Waals surface area contributed by atoms with Gasteiger partial charge in [-0.3, -0.25) is 4.99 Å². The normalized spacial score (nSPS) is 30.8. The molecule has 0 spiro atoms. The zero-order valence-electron chi connectivity index (χ0n) is 14.9. The van der Waals surface area contributed by atoms with Crippen LogP contribution in [0.4, 0.5) is 0 Å². The molecule has 0 aromatic heterocycles. The van der Waals surface area contributed by atoms with Crippen LogP contribution in [-0.4, -0.2) is 50.8 Å². The third-order valence-corrected chi connectivity index (χ3v) is 5.91. The predicted molar refractivity (Wildman–Crippen MR) is 97.4 cm³/mol. The van der Waals surface area contributed by atoms with Crippen molar-refractivity contribution < 1.29 is 4.74 Å². The molecule has 130 valence electrons. The number of rotatable bonds is 5. The molecule has 0 radical (unpaired) electrons. The van der Waals surface area contributed by atoms with E-state index >= 15 is 0 Å². The lowest BCUT2D eigenvalue weighted by atomic mass is 10.0. The van der Waals surface area contributed by atoms with Crippen molar-refractivity contribution in [2.75, 3.05) is 39.9 Å². The van der Waals surface area contributed by atoms with E-state index in [4.69, 9.17) is 9.73 Å². The average Bonchev–Trinajstić information content (AvgIpc) is 2.94. The summed E-state index contributed by atoms with van der Waals surface area (Å²) in [6.45, 7) is 6.86. The number of nitrogens with one attached hydrogen (secondary N) is 1. The molecule has 1 aromatic rings. The number of hydrogen-bond acceptors (Lipinski definition) is 2. The van der Waals surface area contributed by atoms with E-state index in [1.165, 1.54) is 12.8 Å². The molecule has 4 unspecified atom stereocenters. The quantitative estimate of drug-likeness (QED) is 0.667.